The Labute approximate surface area is 205 Å². The molecule has 4 rings (SSSR count). The number of hydrogen-bond donors (Lipinski definition) is 2. The number of aryl methyl sites for hydroxylation is 2. The summed E-state index contributed by atoms with van der Waals surface area (Å²) in [5.41, 5.74) is 2.69. The van der Waals surface area contributed by atoms with Gasteiger partial charge in [0.1, 0.15) is 10.6 Å². The molecule has 8 heteroatoms. The van der Waals surface area contributed by atoms with Crippen LogP contribution in [0.3, 0.4) is 0 Å². The van der Waals surface area contributed by atoms with Gasteiger partial charge in [-0.15, -0.1) is 11.3 Å². The summed E-state index contributed by atoms with van der Waals surface area (Å²) in [6.45, 7) is 0. The van der Waals surface area contributed by atoms with Crippen molar-refractivity contribution in [3.8, 4) is 17.2 Å². The quantitative estimate of drug-likeness (QED) is 0.235. The molecule has 0 saturated carbocycles. The summed E-state index contributed by atoms with van der Waals surface area (Å²) in [4.78, 5) is 25.1. The highest BCUT2D eigenvalue weighted by Gasteiger charge is 2.24. The first-order valence-electron chi connectivity index (χ1n) is 10.5. The number of ether oxygens (including phenoxy) is 2. The van der Waals surface area contributed by atoms with E-state index in [-0.39, 0.29) is 10.6 Å². The van der Waals surface area contributed by atoms with Crippen molar-refractivity contribution in [2.45, 2.75) is 12.8 Å². The molecule has 0 fully saturated rings. The molecular formula is C26H22ClNO5S. The lowest BCUT2D eigenvalue weighted by Crippen LogP contribution is -2.22. The Bertz CT molecular complexity index is 1360. The Kier molecular flexibility index (Phi) is 7.05. The fraction of sp³-hybridized carbons (Fsp3) is 0.154. The highest BCUT2D eigenvalue weighted by molar-refractivity contribution is 7.22. The Morgan fingerprint density at radius 1 is 0.912 bits per heavy atom. The highest BCUT2D eigenvalue weighted by atomic mass is 35.5. The molecule has 2 N–H and O–H groups in total. The minimum Gasteiger partial charge on any atom is -0.506 e. The number of nitrogens with one attached hydrogen (secondary N) is 1. The topological polar surface area (TPSA) is 84.9 Å². The molecule has 0 aliphatic carbocycles. The van der Waals surface area contributed by atoms with Crippen LogP contribution in [0.5, 0.6) is 17.2 Å². The number of rotatable bonds is 8. The fourth-order valence-electron chi connectivity index (χ4n) is 3.58. The normalized spacial score (nSPS) is 10.8. The molecule has 0 bridgehead atoms. The van der Waals surface area contributed by atoms with Crippen molar-refractivity contribution in [2.75, 3.05) is 19.5 Å². The van der Waals surface area contributed by atoms with E-state index < -0.39 is 11.7 Å². The zero-order valence-electron chi connectivity index (χ0n) is 18.6. The van der Waals surface area contributed by atoms with Crippen LogP contribution < -0.4 is 14.8 Å². The number of thiophene rings is 1. The Morgan fingerprint density at radius 2 is 1.59 bits per heavy atom. The second kappa shape index (κ2) is 10.2. The van der Waals surface area contributed by atoms with Crippen LogP contribution in [0.1, 0.15) is 20.8 Å². The summed E-state index contributed by atoms with van der Waals surface area (Å²) in [6, 6.07) is 18.1. The maximum absolute atomic E-state index is 12.6. The molecule has 0 unspecified atom stereocenters. The minimum absolute atomic E-state index is 0.0127. The first-order chi connectivity index (χ1) is 16.4. The molecule has 0 saturated heterocycles. The van der Waals surface area contributed by atoms with Gasteiger partial charge in [-0.3, -0.25) is 9.59 Å². The van der Waals surface area contributed by atoms with Crippen LogP contribution in [0.4, 0.5) is 5.69 Å². The van der Waals surface area contributed by atoms with Gasteiger partial charge in [0.05, 0.1) is 14.2 Å². The maximum Gasteiger partial charge on any atom is 0.297 e. The van der Waals surface area contributed by atoms with Crippen LogP contribution in [0, 0.1) is 0 Å². The summed E-state index contributed by atoms with van der Waals surface area (Å²) < 4.78 is 11.3. The second-order valence-electron chi connectivity index (χ2n) is 7.59. The minimum atomic E-state index is -0.814. The number of hydrogen-bond acceptors (Lipinski definition) is 6. The number of amides is 1. The molecule has 174 valence electrons. The summed E-state index contributed by atoms with van der Waals surface area (Å²) in [7, 11) is 3.21. The second-order valence-corrected chi connectivity index (χ2v) is 9.08. The molecule has 1 amide bonds. The van der Waals surface area contributed by atoms with E-state index in [1.54, 1.807) is 44.6 Å². The Balaban J connectivity index is 1.39. The van der Waals surface area contributed by atoms with Crippen LogP contribution in [0.2, 0.25) is 5.02 Å². The van der Waals surface area contributed by atoms with Gasteiger partial charge in [-0.25, -0.2) is 0 Å². The van der Waals surface area contributed by atoms with Gasteiger partial charge < -0.3 is 19.9 Å². The van der Waals surface area contributed by atoms with Crippen molar-refractivity contribution in [3.63, 3.8) is 0 Å². The average molecular weight is 496 g/mol. The number of ketones is 1. The summed E-state index contributed by atoms with van der Waals surface area (Å²) in [6.07, 6.45) is 1.60. The first kappa shape index (κ1) is 23.6. The van der Waals surface area contributed by atoms with Gasteiger partial charge in [-0.05, 0) is 66.4 Å². The third-order valence-electron chi connectivity index (χ3n) is 5.40. The van der Waals surface area contributed by atoms with Gasteiger partial charge >= 0.3 is 0 Å². The fourth-order valence-corrected chi connectivity index (χ4v) is 4.77. The standard InChI is InChI=1S/C26H22ClNO5S/c1-32-20-11-7-16(13-21(20)33-2)4-3-15-5-9-18(10-6-15)28-26(31)24(30)25-23(29)19-14-17(27)8-12-22(19)34-25/h5-14,29H,3-4H2,1-2H3,(H,28,31). The van der Waals surface area contributed by atoms with E-state index >= 15 is 0 Å². The van der Waals surface area contributed by atoms with E-state index in [0.29, 0.717) is 32.3 Å². The highest BCUT2D eigenvalue weighted by Crippen LogP contribution is 2.38. The lowest BCUT2D eigenvalue weighted by Gasteiger charge is -2.10. The number of fused-ring (bicyclic) bond motifs is 1. The van der Waals surface area contributed by atoms with Crippen molar-refractivity contribution >= 4 is 50.4 Å². The SMILES string of the molecule is COc1ccc(CCc2ccc(NC(=O)C(=O)c3sc4ccc(Cl)cc4c3O)cc2)cc1OC. The van der Waals surface area contributed by atoms with Crippen LogP contribution in [0.25, 0.3) is 10.1 Å². The summed E-state index contributed by atoms with van der Waals surface area (Å²) in [5.74, 6) is -0.462. The van der Waals surface area contributed by atoms with E-state index in [1.807, 2.05) is 30.3 Å². The van der Waals surface area contributed by atoms with Crippen molar-refractivity contribution in [1.82, 2.24) is 0 Å². The Hall–Kier alpha value is -3.55. The first-order valence-corrected chi connectivity index (χ1v) is 11.7. The van der Waals surface area contributed by atoms with Crippen molar-refractivity contribution < 1.29 is 24.2 Å². The molecule has 1 heterocycles. The number of halogens is 1. The van der Waals surface area contributed by atoms with Crippen LogP contribution in [0.15, 0.2) is 60.7 Å². The van der Waals surface area contributed by atoms with Gasteiger partial charge in [-0.1, -0.05) is 29.8 Å². The van der Waals surface area contributed by atoms with Gasteiger partial charge in [0.25, 0.3) is 11.7 Å². The molecule has 4 aromatic rings. The molecule has 0 atom stereocenters. The molecule has 6 nitrogen and oxygen atoms in total. The van der Waals surface area contributed by atoms with Crippen LogP contribution in [-0.2, 0) is 17.6 Å². The summed E-state index contributed by atoms with van der Waals surface area (Å²) in [5, 5.41) is 13.9. The third-order valence-corrected chi connectivity index (χ3v) is 6.79. The lowest BCUT2D eigenvalue weighted by atomic mass is 10.0. The van der Waals surface area contributed by atoms with E-state index in [4.69, 9.17) is 21.1 Å². The number of Topliss-reactive ketones (excluding diaryl/α,β-unsaturated/α-hetero) is 1. The van der Waals surface area contributed by atoms with E-state index in [9.17, 15) is 14.7 Å². The lowest BCUT2D eigenvalue weighted by molar-refractivity contribution is -0.112. The number of carbonyl (C=O) groups is 2. The smallest absolute Gasteiger partial charge is 0.297 e. The van der Waals surface area contributed by atoms with Crippen LogP contribution in [-0.4, -0.2) is 31.0 Å². The zero-order valence-corrected chi connectivity index (χ0v) is 20.1. The largest absolute Gasteiger partial charge is 0.506 e. The molecule has 3 aromatic carbocycles. The van der Waals surface area contributed by atoms with E-state index in [2.05, 4.69) is 5.32 Å². The third kappa shape index (κ3) is 5.00. The zero-order chi connectivity index (χ0) is 24.2. The predicted octanol–water partition coefficient (Wildman–Crippen LogP) is 5.88. The molecular weight excluding hydrogens is 474 g/mol. The van der Waals surface area contributed by atoms with Crippen molar-refractivity contribution in [2.24, 2.45) is 0 Å². The molecule has 0 aliphatic heterocycles. The van der Waals surface area contributed by atoms with Gasteiger partial charge in [0.2, 0.25) is 0 Å². The average Bonchev–Trinajstić information content (AvgIpc) is 3.18. The van der Waals surface area contributed by atoms with E-state index in [0.717, 1.165) is 35.3 Å². The van der Waals surface area contributed by atoms with Gasteiger partial charge in [-0.2, -0.15) is 0 Å². The Morgan fingerprint density at radius 3 is 2.29 bits per heavy atom. The molecule has 0 spiro atoms. The van der Waals surface area contributed by atoms with Gasteiger partial charge in [0.15, 0.2) is 11.5 Å². The van der Waals surface area contributed by atoms with Crippen molar-refractivity contribution in [1.29, 1.82) is 0 Å². The van der Waals surface area contributed by atoms with Gasteiger partial charge in [0, 0.05) is 20.8 Å². The maximum atomic E-state index is 12.6. The number of carbonyl (C=O) groups excluding carboxylic acids is 2. The monoisotopic (exact) mass is 495 g/mol. The summed E-state index contributed by atoms with van der Waals surface area (Å²) >= 11 is 7.02. The molecule has 0 radical (unpaired) electrons. The number of anilines is 1. The van der Waals surface area contributed by atoms with E-state index in [1.165, 1.54) is 0 Å². The number of benzene rings is 3. The number of aromatic hydroxyl groups is 1. The molecule has 1 aromatic heterocycles. The van der Waals surface area contributed by atoms with Crippen LogP contribution >= 0.6 is 22.9 Å². The number of methoxy groups -OCH3 is 2. The van der Waals surface area contributed by atoms with Crippen molar-refractivity contribution in [3.05, 3.63) is 81.7 Å². The predicted molar refractivity (Wildman–Crippen MR) is 135 cm³/mol. The molecule has 0 aliphatic rings. The molecule has 34 heavy (non-hydrogen) atoms.